The number of Topliss-reactive ketones (excluding diaryl/α,β-unsaturated/α-hetero) is 1. The van der Waals surface area contributed by atoms with Gasteiger partial charge in [0.25, 0.3) is 0 Å². The zero-order valence-corrected chi connectivity index (χ0v) is 9.60. The van der Waals surface area contributed by atoms with Gasteiger partial charge in [0.05, 0.1) is 0 Å². The second-order valence-corrected chi connectivity index (χ2v) is 4.70. The second kappa shape index (κ2) is 3.99. The van der Waals surface area contributed by atoms with Gasteiger partial charge < -0.3 is 0 Å². The Labute approximate surface area is 93.4 Å². The molecule has 0 radical (unpaired) electrons. The van der Waals surface area contributed by atoms with Crippen LogP contribution in [0.2, 0.25) is 0 Å². The highest BCUT2D eigenvalue weighted by molar-refractivity contribution is 7.10. The molecule has 1 aromatic heterocycles. The number of carbonyl (C=O) groups excluding carboxylic acids is 1. The van der Waals surface area contributed by atoms with Crippen LogP contribution in [0.15, 0.2) is 35.7 Å². The van der Waals surface area contributed by atoms with Crippen molar-refractivity contribution in [2.75, 3.05) is 0 Å². The van der Waals surface area contributed by atoms with Gasteiger partial charge in [-0.1, -0.05) is 18.2 Å². The van der Waals surface area contributed by atoms with Crippen LogP contribution in [0.1, 0.15) is 22.2 Å². The molecule has 2 aromatic rings. The number of carbonyl (C=O) groups is 1. The van der Waals surface area contributed by atoms with E-state index in [0.29, 0.717) is 0 Å². The van der Waals surface area contributed by atoms with Crippen molar-refractivity contribution in [2.45, 2.75) is 13.8 Å². The van der Waals surface area contributed by atoms with E-state index in [9.17, 15) is 4.79 Å². The maximum absolute atomic E-state index is 11.2. The third-order valence-corrected chi connectivity index (χ3v) is 3.19. The standard InChI is InChI=1S/C13H12OS/c1-9-6-13(8-15-9)12-5-3-4-11(7-12)10(2)14/h3-8H,1-2H3. The van der Waals surface area contributed by atoms with E-state index in [1.807, 2.05) is 24.3 Å². The lowest BCUT2D eigenvalue weighted by atomic mass is 10.0. The summed E-state index contributed by atoms with van der Waals surface area (Å²) >= 11 is 1.73. The molecule has 1 nitrogen and oxygen atoms in total. The quantitative estimate of drug-likeness (QED) is 0.695. The molecule has 1 heterocycles. The van der Waals surface area contributed by atoms with Crippen LogP contribution < -0.4 is 0 Å². The molecule has 15 heavy (non-hydrogen) atoms. The molecule has 2 rings (SSSR count). The van der Waals surface area contributed by atoms with E-state index in [-0.39, 0.29) is 5.78 Å². The molecule has 0 amide bonds. The third kappa shape index (κ3) is 2.16. The number of thiophene rings is 1. The fraction of sp³-hybridized carbons (Fsp3) is 0.154. The van der Waals surface area contributed by atoms with Gasteiger partial charge in [0.15, 0.2) is 5.78 Å². The summed E-state index contributed by atoms with van der Waals surface area (Å²) < 4.78 is 0. The number of ketones is 1. The van der Waals surface area contributed by atoms with Crippen LogP contribution in [-0.2, 0) is 0 Å². The molecule has 0 aliphatic rings. The maximum atomic E-state index is 11.2. The van der Waals surface area contributed by atoms with E-state index in [1.165, 1.54) is 10.4 Å². The lowest BCUT2D eigenvalue weighted by Crippen LogP contribution is -1.91. The number of aryl methyl sites for hydroxylation is 1. The fourth-order valence-corrected chi connectivity index (χ4v) is 2.22. The van der Waals surface area contributed by atoms with Gasteiger partial charge in [-0.2, -0.15) is 0 Å². The molecule has 0 fully saturated rings. The molecule has 76 valence electrons. The molecule has 0 saturated heterocycles. The first-order valence-corrected chi connectivity index (χ1v) is 5.71. The Morgan fingerprint density at radius 1 is 1.20 bits per heavy atom. The summed E-state index contributed by atoms with van der Waals surface area (Å²) in [5, 5.41) is 2.12. The van der Waals surface area contributed by atoms with Gasteiger partial charge in [0, 0.05) is 10.4 Å². The Hall–Kier alpha value is -1.41. The first-order chi connectivity index (χ1) is 7.16. The summed E-state index contributed by atoms with van der Waals surface area (Å²) in [6, 6.07) is 9.91. The van der Waals surface area contributed by atoms with E-state index < -0.39 is 0 Å². The number of rotatable bonds is 2. The highest BCUT2D eigenvalue weighted by Crippen LogP contribution is 2.25. The zero-order valence-electron chi connectivity index (χ0n) is 8.78. The first kappa shape index (κ1) is 10.1. The SMILES string of the molecule is CC(=O)c1cccc(-c2csc(C)c2)c1. The largest absolute Gasteiger partial charge is 0.295 e. The average molecular weight is 216 g/mol. The Kier molecular flexibility index (Phi) is 2.69. The molecule has 0 bridgehead atoms. The lowest BCUT2D eigenvalue weighted by molar-refractivity contribution is 0.101. The van der Waals surface area contributed by atoms with Gasteiger partial charge in [-0.05, 0) is 42.5 Å². The summed E-state index contributed by atoms with van der Waals surface area (Å²) in [4.78, 5) is 12.5. The molecular formula is C13H12OS. The Morgan fingerprint density at radius 2 is 2.00 bits per heavy atom. The Bertz CT molecular complexity index is 497. The van der Waals surface area contributed by atoms with Gasteiger partial charge >= 0.3 is 0 Å². The van der Waals surface area contributed by atoms with Crippen molar-refractivity contribution in [3.8, 4) is 11.1 Å². The van der Waals surface area contributed by atoms with Crippen LogP contribution in [-0.4, -0.2) is 5.78 Å². The van der Waals surface area contributed by atoms with E-state index in [2.05, 4.69) is 18.4 Å². The van der Waals surface area contributed by atoms with Gasteiger partial charge in [-0.25, -0.2) is 0 Å². The predicted octanol–water partition coefficient (Wildman–Crippen LogP) is 3.93. The van der Waals surface area contributed by atoms with Crippen molar-refractivity contribution < 1.29 is 4.79 Å². The first-order valence-electron chi connectivity index (χ1n) is 4.83. The summed E-state index contributed by atoms with van der Waals surface area (Å²) in [5.74, 6) is 0.115. The minimum absolute atomic E-state index is 0.115. The van der Waals surface area contributed by atoms with Crippen molar-refractivity contribution >= 4 is 17.1 Å². The van der Waals surface area contributed by atoms with E-state index in [4.69, 9.17) is 0 Å². The van der Waals surface area contributed by atoms with Crippen LogP contribution in [0.3, 0.4) is 0 Å². The molecular weight excluding hydrogens is 204 g/mol. The molecule has 1 aromatic carbocycles. The van der Waals surface area contributed by atoms with Crippen LogP contribution >= 0.6 is 11.3 Å². The molecule has 2 heteroatoms. The van der Waals surface area contributed by atoms with Crippen molar-refractivity contribution in [1.82, 2.24) is 0 Å². The van der Waals surface area contributed by atoms with E-state index in [0.717, 1.165) is 11.1 Å². The molecule has 0 aliphatic heterocycles. The van der Waals surface area contributed by atoms with E-state index >= 15 is 0 Å². The van der Waals surface area contributed by atoms with Crippen molar-refractivity contribution in [3.05, 3.63) is 46.2 Å². The minimum Gasteiger partial charge on any atom is -0.295 e. The number of hydrogen-bond acceptors (Lipinski definition) is 2. The number of hydrogen-bond donors (Lipinski definition) is 0. The highest BCUT2D eigenvalue weighted by atomic mass is 32.1. The number of benzene rings is 1. The monoisotopic (exact) mass is 216 g/mol. The molecule has 0 atom stereocenters. The van der Waals surface area contributed by atoms with Crippen LogP contribution in [0.25, 0.3) is 11.1 Å². The summed E-state index contributed by atoms with van der Waals surface area (Å²) in [6.45, 7) is 3.68. The minimum atomic E-state index is 0.115. The summed E-state index contributed by atoms with van der Waals surface area (Å²) in [6.07, 6.45) is 0. The molecule has 0 unspecified atom stereocenters. The van der Waals surface area contributed by atoms with Gasteiger partial charge in [-0.3, -0.25) is 4.79 Å². The fourth-order valence-electron chi connectivity index (χ4n) is 1.51. The van der Waals surface area contributed by atoms with Gasteiger partial charge in [0.2, 0.25) is 0 Å². The molecule has 0 spiro atoms. The lowest BCUT2D eigenvalue weighted by Gasteiger charge is -2.00. The topological polar surface area (TPSA) is 17.1 Å². The zero-order chi connectivity index (χ0) is 10.8. The normalized spacial score (nSPS) is 10.3. The van der Waals surface area contributed by atoms with Crippen molar-refractivity contribution in [1.29, 1.82) is 0 Å². The van der Waals surface area contributed by atoms with Crippen molar-refractivity contribution in [2.24, 2.45) is 0 Å². The maximum Gasteiger partial charge on any atom is 0.159 e. The van der Waals surface area contributed by atoms with Gasteiger partial charge in [-0.15, -0.1) is 11.3 Å². The average Bonchev–Trinajstić information content (AvgIpc) is 2.65. The third-order valence-electron chi connectivity index (χ3n) is 2.33. The van der Waals surface area contributed by atoms with Crippen molar-refractivity contribution in [3.63, 3.8) is 0 Å². The van der Waals surface area contributed by atoms with Gasteiger partial charge in [0.1, 0.15) is 0 Å². The summed E-state index contributed by atoms with van der Waals surface area (Å²) in [7, 11) is 0. The predicted molar refractivity (Wildman–Crippen MR) is 64.5 cm³/mol. The molecule has 0 N–H and O–H groups in total. The smallest absolute Gasteiger partial charge is 0.159 e. The van der Waals surface area contributed by atoms with E-state index in [1.54, 1.807) is 18.3 Å². The summed E-state index contributed by atoms with van der Waals surface area (Å²) in [5.41, 5.74) is 3.09. The van der Waals surface area contributed by atoms with Crippen LogP contribution in [0.5, 0.6) is 0 Å². The molecule has 0 aliphatic carbocycles. The van der Waals surface area contributed by atoms with Crippen LogP contribution in [0, 0.1) is 6.92 Å². The molecule has 0 saturated carbocycles. The Morgan fingerprint density at radius 3 is 2.60 bits per heavy atom. The Balaban J connectivity index is 2.45. The highest BCUT2D eigenvalue weighted by Gasteiger charge is 2.03. The van der Waals surface area contributed by atoms with Crippen LogP contribution in [0.4, 0.5) is 0 Å². The second-order valence-electron chi connectivity index (χ2n) is 3.58.